The van der Waals surface area contributed by atoms with Crippen LogP contribution in [0.5, 0.6) is 0 Å². The lowest BCUT2D eigenvalue weighted by molar-refractivity contribution is 0.768. The Bertz CT molecular complexity index is 953. The highest BCUT2D eigenvalue weighted by atomic mass is 35.5. The number of fused-ring (bicyclic) bond motifs is 1. The molecule has 0 aliphatic carbocycles. The minimum Gasteiger partial charge on any atom is -0.311 e. The Hall–Kier alpha value is -2.28. The largest absolute Gasteiger partial charge is 0.311 e. The summed E-state index contributed by atoms with van der Waals surface area (Å²) in [4.78, 5) is 12.5. The van der Waals surface area contributed by atoms with Gasteiger partial charge in [0.2, 0.25) is 0 Å². The highest BCUT2D eigenvalue weighted by Gasteiger charge is 2.08. The Morgan fingerprint density at radius 1 is 1.00 bits per heavy atom. The molecule has 0 unspecified atom stereocenters. The van der Waals surface area contributed by atoms with Crippen LogP contribution in [0.1, 0.15) is 11.1 Å². The van der Waals surface area contributed by atoms with Gasteiger partial charge in [0.05, 0.1) is 28.2 Å². The van der Waals surface area contributed by atoms with Crippen molar-refractivity contribution in [2.45, 2.75) is 6.54 Å². The smallest absolute Gasteiger partial charge is 0.258 e. The van der Waals surface area contributed by atoms with E-state index in [0.717, 1.165) is 5.56 Å². The highest BCUT2D eigenvalue weighted by Crippen LogP contribution is 2.28. The molecule has 0 aliphatic heterocycles. The van der Waals surface area contributed by atoms with E-state index in [-0.39, 0.29) is 5.56 Å². The topological polar surface area (TPSA) is 45.8 Å². The van der Waals surface area contributed by atoms with Crippen LogP contribution in [0.25, 0.3) is 10.8 Å². The first kappa shape index (κ1) is 14.6. The van der Waals surface area contributed by atoms with E-state index >= 15 is 0 Å². The number of rotatable bonds is 2. The molecule has 3 rings (SSSR count). The fraction of sp³-hybridized carbons (Fsp3) is 0.0588. The van der Waals surface area contributed by atoms with Crippen LogP contribution in [-0.2, 0) is 6.54 Å². The van der Waals surface area contributed by atoms with Crippen LogP contribution < -0.4 is 5.56 Å². The van der Waals surface area contributed by atoms with Crippen LogP contribution in [0, 0.1) is 11.3 Å². The van der Waals surface area contributed by atoms with E-state index in [2.05, 4.69) is 6.07 Å². The van der Waals surface area contributed by atoms with Gasteiger partial charge in [0.25, 0.3) is 5.56 Å². The second kappa shape index (κ2) is 5.84. The molecule has 0 N–H and O–H groups in total. The molecule has 1 heterocycles. The van der Waals surface area contributed by atoms with E-state index in [1.165, 1.54) is 0 Å². The van der Waals surface area contributed by atoms with Gasteiger partial charge >= 0.3 is 0 Å². The lowest BCUT2D eigenvalue weighted by Gasteiger charge is -2.09. The number of pyridine rings is 1. The molecule has 5 heteroatoms. The SMILES string of the molecule is N#Cc1ccc(Cn2ccc3c(Cl)c(Cl)ccc3c2=O)cc1. The summed E-state index contributed by atoms with van der Waals surface area (Å²) in [5.41, 5.74) is 1.41. The van der Waals surface area contributed by atoms with E-state index in [0.29, 0.717) is 32.9 Å². The number of halogens is 2. The first-order valence-corrected chi connectivity index (χ1v) is 7.32. The molecule has 0 aliphatic rings. The van der Waals surface area contributed by atoms with Crippen LogP contribution in [0.2, 0.25) is 10.0 Å². The maximum absolute atomic E-state index is 12.5. The van der Waals surface area contributed by atoms with Gasteiger partial charge in [-0.05, 0) is 35.9 Å². The third-order valence-electron chi connectivity index (χ3n) is 3.48. The Kier molecular flexibility index (Phi) is 3.89. The second-order valence-electron chi connectivity index (χ2n) is 4.88. The summed E-state index contributed by atoms with van der Waals surface area (Å²) in [5, 5.41) is 10.8. The van der Waals surface area contributed by atoms with Gasteiger partial charge in [0, 0.05) is 17.0 Å². The van der Waals surface area contributed by atoms with E-state index in [4.69, 9.17) is 28.5 Å². The van der Waals surface area contributed by atoms with E-state index in [1.807, 2.05) is 12.1 Å². The Labute approximate surface area is 136 Å². The molecule has 0 spiro atoms. The van der Waals surface area contributed by atoms with Crippen LogP contribution in [0.3, 0.4) is 0 Å². The zero-order chi connectivity index (χ0) is 15.7. The molecule has 3 nitrogen and oxygen atoms in total. The molecule has 0 amide bonds. The van der Waals surface area contributed by atoms with E-state index in [9.17, 15) is 4.79 Å². The molecule has 0 saturated carbocycles. The molecular formula is C17H10Cl2N2O. The normalized spacial score (nSPS) is 10.6. The van der Waals surface area contributed by atoms with Crippen molar-refractivity contribution in [3.63, 3.8) is 0 Å². The maximum Gasteiger partial charge on any atom is 0.258 e. The van der Waals surface area contributed by atoms with Gasteiger partial charge < -0.3 is 4.57 Å². The molecule has 22 heavy (non-hydrogen) atoms. The molecule has 0 radical (unpaired) electrons. The molecule has 0 atom stereocenters. The summed E-state index contributed by atoms with van der Waals surface area (Å²) >= 11 is 12.1. The summed E-state index contributed by atoms with van der Waals surface area (Å²) in [7, 11) is 0. The average Bonchev–Trinajstić information content (AvgIpc) is 2.54. The maximum atomic E-state index is 12.5. The monoisotopic (exact) mass is 328 g/mol. The summed E-state index contributed by atoms with van der Waals surface area (Å²) in [6.07, 6.45) is 1.70. The number of nitrogens with zero attached hydrogens (tertiary/aromatic N) is 2. The van der Waals surface area contributed by atoms with Crippen molar-refractivity contribution >= 4 is 34.0 Å². The quantitative estimate of drug-likeness (QED) is 0.706. The van der Waals surface area contributed by atoms with Gasteiger partial charge in [-0.1, -0.05) is 35.3 Å². The highest BCUT2D eigenvalue weighted by molar-refractivity contribution is 6.45. The Balaban J connectivity index is 2.05. The van der Waals surface area contributed by atoms with Crippen LogP contribution >= 0.6 is 23.2 Å². The first-order valence-electron chi connectivity index (χ1n) is 6.56. The van der Waals surface area contributed by atoms with Gasteiger partial charge in [-0.25, -0.2) is 0 Å². The Morgan fingerprint density at radius 3 is 2.41 bits per heavy atom. The minimum absolute atomic E-state index is 0.125. The number of hydrogen-bond acceptors (Lipinski definition) is 2. The van der Waals surface area contributed by atoms with Gasteiger partial charge in [-0.2, -0.15) is 5.26 Å². The molecule has 108 valence electrons. The van der Waals surface area contributed by atoms with E-state index in [1.54, 1.807) is 41.1 Å². The average molecular weight is 329 g/mol. The summed E-state index contributed by atoms with van der Waals surface area (Å²) in [5.74, 6) is 0. The van der Waals surface area contributed by atoms with Gasteiger partial charge in [-0.15, -0.1) is 0 Å². The fourth-order valence-corrected chi connectivity index (χ4v) is 2.70. The minimum atomic E-state index is -0.125. The van der Waals surface area contributed by atoms with Gasteiger partial charge in [0.1, 0.15) is 0 Å². The summed E-state index contributed by atoms with van der Waals surface area (Å²) in [6.45, 7) is 0.431. The first-order chi connectivity index (χ1) is 10.6. The second-order valence-corrected chi connectivity index (χ2v) is 5.67. The fourth-order valence-electron chi connectivity index (χ4n) is 2.31. The van der Waals surface area contributed by atoms with Crippen LogP contribution in [0.4, 0.5) is 0 Å². The molecule has 3 aromatic rings. The van der Waals surface area contributed by atoms with Crippen LogP contribution in [-0.4, -0.2) is 4.57 Å². The molecule has 2 aromatic carbocycles. The standard InChI is InChI=1S/C17H10Cl2N2O/c18-15-6-5-14-13(16(15)19)7-8-21(17(14)22)10-12-3-1-11(9-20)2-4-12/h1-8H,10H2. The molecule has 0 saturated heterocycles. The lowest BCUT2D eigenvalue weighted by Crippen LogP contribution is -2.20. The van der Waals surface area contributed by atoms with Crippen molar-refractivity contribution in [3.8, 4) is 6.07 Å². The summed E-state index contributed by atoms with van der Waals surface area (Å²) < 4.78 is 1.61. The third-order valence-corrected chi connectivity index (χ3v) is 4.30. The number of nitriles is 1. The summed E-state index contributed by atoms with van der Waals surface area (Å²) in [6, 6.07) is 14.3. The predicted molar refractivity (Wildman–Crippen MR) is 88.5 cm³/mol. The molecular weight excluding hydrogens is 319 g/mol. The predicted octanol–water partition coefficient (Wildman–Crippen LogP) is 4.23. The van der Waals surface area contributed by atoms with Gasteiger partial charge in [0.15, 0.2) is 0 Å². The van der Waals surface area contributed by atoms with Gasteiger partial charge in [-0.3, -0.25) is 4.79 Å². The zero-order valence-electron chi connectivity index (χ0n) is 11.4. The van der Waals surface area contributed by atoms with Crippen molar-refractivity contribution in [1.29, 1.82) is 5.26 Å². The van der Waals surface area contributed by atoms with Crippen molar-refractivity contribution in [3.05, 3.63) is 80.2 Å². The van der Waals surface area contributed by atoms with Crippen LogP contribution in [0.15, 0.2) is 53.5 Å². The number of aromatic nitrogens is 1. The molecule has 1 aromatic heterocycles. The molecule has 0 fully saturated rings. The molecule has 0 bridgehead atoms. The third kappa shape index (κ3) is 2.59. The zero-order valence-corrected chi connectivity index (χ0v) is 12.9. The van der Waals surface area contributed by atoms with E-state index < -0.39 is 0 Å². The Morgan fingerprint density at radius 2 is 1.73 bits per heavy atom. The van der Waals surface area contributed by atoms with Crippen molar-refractivity contribution in [2.24, 2.45) is 0 Å². The number of hydrogen-bond donors (Lipinski definition) is 0. The van der Waals surface area contributed by atoms with Crippen molar-refractivity contribution in [2.75, 3.05) is 0 Å². The lowest BCUT2D eigenvalue weighted by atomic mass is 10.1. The number of benzene rings is 2. The van der Waals surface area contributed by atoms with Crippen molar-refractivity contribution in [1.82, 2.24) is 4.57 Å². The van der Waals surface area contributed by atoms with Crippen molar-refractivity contribution < 1.29 is 0 Å².